The van der Waals surface area contributed by atoms with E-state index in [-0.39, 0.29) is 11.5 Å². The molecule has 0 atom stereocenters. The topological polar surface area (TPSA) is 59.2 Å². The highest BCUT2D eigenvalue weighted by molar-refractivity contribution is 5.83. The van der Waals surface area contributed by atoms with E-state index in [2.05, 4.69) is 24.0 Å². The molecule has 148 valence electrons. The molecule has 5 heteroatoms. The minimum Gasteiger partial charge on any atom is -0.337 e. The Labute approximate surface area is 166 Å². The number of hydrogen-bond acceptors (Lipinski definition) is 4. The average molecular weight is 380 g/mol. The van der Waals surface area contributed by atoms with Crippen molar-refractivity contribution < 1.29 is 9.32 Å². The van der Waals surface area contributed by atoms with Gasteiger partial charge in [0.15, 0.2) is 0 Å². The number of rotatable bonds is 5. The largest absolute Gasteiger partial charge is 0.337 e. The zero-order chi connectivity index (χ0) is 19.3. The van der Waals surface area contributed by atoms with Crippen molar-refractivity contribution in [2.45, 2.75) is 65.0 Å². The third kappa shape index (κ3) is 3.05. The minimum absolute atomic E-state index is 0.118. The number of aromatic nitrogens is 2. The maximum absolute atomic E-state index is 13.8. The molecule has 4 saturated carbocycles. The molecule has 0 radical (unpaired) electrons. The Hall–Kier alpha value is -2.17. The lowest BCUT2D eigenvalue weighted by Crippen LogP contribution is -2.55. The minimum atomic E-state index is -0.138. The van der Waals surface area contributed by atoms with Crippen molar-refractivity contribution in [1.82, 2.24) is 15.0 Å². The predicted octanol–water partition coefficient (Wildman–Crippen LogP) is 4.69. The van der Waals surface area contributed by atoms with Gasteiger partial charge in [-0.3, -0.25) is 4.79 Å². The molecule has 1 aromatic carbocycles. The smallest absolute Gasteiger partial charge is 0.246 e. The molecule has 4 aliphatic rings. The molecule has 1 heterocycles. The van der Waals surface area contributed by atoms with Gasteiger partial charge in [0.05, 0.1) is 5.41 Å². The summed E-state index contributed by atoms with van der Waals surface area (Å²) in [4.78, 5) is 20.3. The molecule has 1 aromatic heterocycles. The summed E-state index contributed by atoms with van der Waals surface area (Å²) < 4.78 is 5.51. The van der Waals surface area contributed by atoms with Gasteiger partial charge in [0, 0.05) is 11.6 Å². The van der Waals surface area contributed by atoms with Gasteiger partial charge in [-0.05, 0) is 70.1 Å². The van der Waals surface area contributed by atoms with Gasteiger partial charge in [-0.2, -0.15) is 4.98 Å². The normalized spacial score (nSPS) is 30.8. The second-order valence-corrected chi connectivity index (χ2v) is 9.60. The molecule has 4 fully saturated rings. The van der Waals surface area contributed by atoms with E-state index >= 15 is 0 Å². The highest BCUT2D eigenvalue weighted by Crippen LogP contribution is 2.60. The molecule has 0 spiro atoms. The van der Waals surface area contributed by atoms with Gasteiger partial charge < -0.3 is 9.42 Å². The third-order valence-electron chi connectivity index (χ3n) is 7.18. The summed E-state index contributed by atoms with van der Waals surface area (Å²) in [7, 11) is 0. The molecule has 0 N–H and O–H groups in total. The van der Waals surface area contributed by atoms with Crippen molar-refractivity contribution in [3.63, 3.8) is 0 Å². The molecule has 28 heavy (non-hydrogen) atoms. The van der Waals surface area contributed by atoms with E-state index < -0.39 is 0 Å². The number of amides is 1. The standard InChI is InChI=1S/C23H29N3O2/c1-15(2)26(14-20-24-21(25-28-20)19-6-4-3-5-7-19)22(27)23-11-16-8-17(12-23)10-18(9-16)13-23/h3-7,15-18H,8-14H2,1-2H3. The van der Waals surface area contributed by atoms with Gasteiger partial charge in [-0.25, -0.2) is 0 Å². The fourth-order valence-electron chi connectivity index (χ4n) is 6.34. The Morgan fingerprint density at radius 3 is 2.29 bits per heavy atom. The first kappa shape index (κ1) is 17.9. The van der Waals surface area contributed by atoms with Crippen LogP contribution in [0.5, 0.6) is 0 Å². The van der Waals surface area contributed by atoms with E-state index in [0.29, 0.717) is 24.2 Å². The van der Waals surface area contributed by atoms with Crippen LogP contribution in [0.3, 0.4) is 0 Å². The van der Waals surface area contributed by atoms with E-state index in [1.807, 2.05) is 35.2 Å². The quantitative estimate of drug-likeness (QED) is 0.756. The number of carbonyl (C=O) groups excluding carboxylic acids is 1. The molecule has 4 bridgehead atoms. The number of hydrogen-bond donors (Lipinski definition) is 0. The summed E-state index contributed by atoms with van der Waals surface area (Å²) in [6, 6.07) is 9.94. The van der Waals surface area contributed by atoms with E-state index in [0.717, 1.165) is 42.6 Å². The molecule has 2 aromatic rings. The monoisotopic (exact) mass is 379 g/mol. The fourth-order valence-corrected chi connectivity index (χ4v) is 6.34. The summed E-state index contributed by atoms with van der Waals surface area (Å²) in [6.45, 7) is 4.58. The van der Waals surface area contributed by atoms with Gasteiger partial charge >= 0.3 is 0 Å². The lowest BCUT2D eigenvalue weighted by molar-refractivity contribution is -0.160. The van der Waals surface area contributed by atoms with Gasteiger partial charge in [0.1, 0.15) is 6.54 Å². The first-order valence-corrected chi connectivity index (χ1v) is 10.7. The Morgan fingerprint density at radius 2 is 1.71 bits per heavy atom. The molecular weight excluding hydrogens is 350 g/mol. The highest BCUT2D eigenvalue weighted by atomic mass is 16.5. The van der Waals surface area contributed by atoms with Crippen LogP contribution < -0.4 is 0 Å². The zero-order valence-electron chi connectivity index (χ0n) is 16.8. The van der Waals surface area contributed by atoms with Crippen molar-refractivity contribution in [2.75, 3.05) is 0 Å². The number of carbonyl (C=O) groups is 1. The van der Waals surface area contributed by atoms with Crippen molar-refractivity contribution in [3.8, 4) is 11.4 Å². The number of benzene rings is 1. The number of nitrogens with zero attached hydrogens (tertiary/aromatic N) is 3. The maximum atomic E-state index is 13.8. The van der Waals surface area contributed by atoms with Crippen LogP contribution in [0.25, 0.3) is 11.4 Å². The lowest BCUT2D eigenvalue weighted by atomic mass is 9.49. The van der Waals surface area contributed by atoms with Crippen molar-refractivity contribution in [3.05, 3.63) is 36.2 Å². The van der Waals surface area contributed by atoms with Gasteiger partial charge in [-0.15, -0.1) is 0 Å². The van der Waals surface area contributed by atoms with Crippen LogP contribution in [0.15, 0.2) is 34.9 Å². The van der Waals surface area contributed by atoms with Gasteiger partial charge in [0.25, 0.3) is 0 Å². The molecule has 0 saturated heterocycles. The van der Waals surface area contributed by atoms with Gasteiger partial charge in [-0.1, -0.05) is 35.5 Å². The second-order valence-electron chi connectivity index (χ2n) is 9.60. The van der Waals surface area contributed by atoms with Gasteiger partial charge in [0.2, 0.25) is 17.6 Å². The van der Waals surface area contributed by atoms with E-state index in [1.54, 1.807) is 0 Å². The van der Waals surface area contributed by atoms with Crippen LogP contribution in [-0.2, 0) is 11.3 Å². The Morgan fingerprint density at radius 1 is 1.11 bits per heavy atom. The fraction of sp³-hybridized carbons (Fsp3) is 0.609. The van der Waals surface area contributed by atoms with Crippen molar-refractivity contribution in [1.29, 1.82) is 0 Å². The summed E-state index contributed by atoms with van der Waals surface area (Å²) in [5.74, 6) is 3.71. The molecule has 1 amide bonds. The van der Waals surface area contributed by atoms with Crippen LogP contribution in [0, 0.1) is 23.2 Å². The zero-order valence-corrected chi connectivity index (χ0v) is 16.8. The van der Waals surface area contributed by atoms with E-state index in [9.17, 15) is 4.79 Å². The molecule has 0 aliphatic heterocycles. The summed E-state index contributed by atoms with van der Waals surface area (Å²) in [5, 5.41) is 4.13. The first-order valence-electron chi connectivity index (χ1n) is 10.7. The van der Waals surface area contributed by atoms with Crippen LogP contribution in [0.2, 0.25) is 0 Å². The third-order valence-corrected chi connectivity index (χ3v) is 7.18. The summed E-state index contributed by atoms with van der Waals surface area (Å²) >= 11 is 0. The lowest BCUT2D eigenvalue weighted by Gasteiger charge is -2.56. The highest BCUT2D eigenvalue weighted by Gasteiger charge is 2.55. The summed E-state index contributed by atoms with van der Waals surface area (Å²) in [5.41, 5.74) is 0.794. The Kier molecular flexibility index (Phi) is 4.29. The SMILES string of the molecule is CC(C)N(Cc1nc(-c2ccccc2)no1)C(=O)C12CC3CC(CC(C3)C1)C2. The average Bonchev–Trinajstić information content (AvgIpc) is 3.14. The van der Waals surface area contributed by atoms with E-state index in [4.69, 9.17) is 4.52 Å². The van der Waals surface area contributed by atoms with E-state index in [1.165, 1.54) is 19.3 Å². The summed E-state index contributed by atoms with van der Waals surface area (Å²) in [6.07, 6.45) is 7.29. The second kappa shape index (κ2) is 6.71. The first-order chi connectivity index (χ1) is 13.5. The van der Waals surface area contributed by atoms with Crippen LogP contribution in [-0.4, -0.2) is 27.0 Å². The maximum Gasteiger partial charge on any atom is 0.246 e. The predicted molar refractivity (Wildman–Crippen MR) is 106 cm³/mol. The molecule has 5 nitrogen and oxygen atoms in total. The van der Waals surface area contributed by atoms with Crippen LogP contribution in [0.1, 0.15) is 58.3 Å². The van der Waals surface area contributed by atoms with Crippen molar-refractivity contribution >= 4 is 5.91 Å². The molecule has 4 aliphatic carbocycles. The molecule has 0 unspecified atom stereocenters. The Bertz CT molecular complexity index is 822. The van der Waals surface area contributed by atoms with Crippen LogP contribution >= 0.6 is 0 Å². The van der Waals surface area contributed by atoms with Crippen LogP contribution in [0.4, 0.5) is 0 Å². The van der Waals surface area contributed by atoms with Crippen molar-refractivity contribution in [2.24, 2.45) is 23.2 Å². The molecular formula is C23H29N3O2. The Balaban J connectivity index is 1.37. The molecule has 6 rings (SSSR count).